The molecule has 1 rings (SSSR count). The predicted molar refractivity (Wildman–Crippen MR) is 59.6 cm³/mol. The molecule has 0 aromatic heterocycles. The Morgan fingerprint density at radius 3 is 2.40 bits per heavy atom. The first-order valence-corrected chi connectivity index (χ1v) is 5.40. The molecule has 1 aliphatic rings. The fraction of sp³-hybridized carbons (Fsp3) is 0.909. The van der Waals surface area contributed by atoms with Crippen molar-refractivity contribution in [3.05, 3.63) is 0 Å². The van der Waals surface area contributed by atoms with Crippen molar-refractivity contribution in [2.24, 2.45) is 5.73 Å². The Labute approximate surface area is 91.8 Å². The van der Waals surface area contributed by atoms with Gasteiger partial charge in [-0.3, -0.25) is 4.90 Å². The van der Waals surface area contributed by atoms with E-state index in [0.717, 1.165) is 6.42 Å². The van der Waals surface area contributed by atoms with Gasteiger partial charge < -0.3 is 10.5 Å². The van der Waals surface area contributed by atoms with Crippen LogP contribution in [0.2, 0.25) is 0 Å². The topological polar surface area (TPSA) is 55.6 Å². The van der Waals surface area contributed by atoms with E-state index < -0.39 is 5.60 Å². The first-order valence-electron chi connectivity index (χ1n) is 5.40. The average Bonchev–Trinajstić information content (AvgIpc) is 1.96. The molecule has 1 amide bonds. The van der Waals surface area contributed by atoms with Crippen LogP contribution in [0, 0.1) is 0 Å². The second-order valence-electron chi connectivity index (χ2n) is 5.76. The Hall–Kier alpha value is -0.770. The molecule has 0 aliphatic carbocycles. The molecule has 0 bridgehead atoms. The van der Waals surface area contributed by atoms with E-state index in [1.54, 1.807) is 4.90 Å². The van der Waals surface area contributed by atoms with Gasteiger partial charge in [0.2, 0.25) is 0 Å². The summed E-state index contributed by atoms with van der Waals surface area (Å²) in [5.74, 6) is 0. The highest BCUT2D eigenvalue weighted by Gasteiger charge is 2.48. The smallest absolute Gasteiger partial charge is 0.411 e. The van der Waals surface area contributed by atoms with Gasteiger partial charge in [-0.15, -0.1) is 0 Å². The largest absolute Gasteiger partial charge is 0.444 e. The maximum absolute atomic E-state index is 11.9. The number of nitrogens with two attached hydrogens (primary N) is 1. The van der Waals surface area contributed by atoms with Gasteiger partial charge in [0.1, 0.15) is 5.60 Å². The normalized spacial score (nSPS) is 24.7. The Balaban J connectivity index is 2.65. The molecule has 0 aromatic carbocycles. The van der Waals surface area contributed by atoms with Crippen LogP contribution in [-0.4, -0.2) is 34.7 Å². The molecule has 0 unspecified atom stereocenters. The molecule has 1 heterocycles. The van der Waals surface area contributed by atoms with E-state index in [0.29, 0.717) is 6.54 Å². The predicted octanol–water partition coefficient (Wildman–Crippen LogP) is 1.73. The van der Waals surface area contributed by atoms with E-state index in [9.17, 15) is 4.79 Å². The molecule has 1 aliphatic heterocycles. The zero-order valence-electron chi connectivity index (χ0n) is 10.3. The number of likely N-dealkylation sites (tertiary alicyclic amines) is 1. The standard InChI is InChI=1S/C11H22N2O2/c1-10(2,3)15-9(14)13-8(7-12)6-11(13,4)5/h8H,6-7,12H2,1-5H3/t8-/m1/s1. The van der Waals surface area contributed by atoms with Crippen LogP contribution in [0.25, 0.3) is 0 Å². The maximum atomic E-state index is 11.9. The van der Waals surface area contributed by atoms with Crippen LogP contribution in [-0.2, 0) is 4.74 Å². The van der Waals surface area contributed by atoms with Crippen molar-refractivity contribution in [1.29, 1.82) is 0 Å². The zero-order chi connectivity index (χ0) is 11.9. The zero-order valence-corrected chi connectivity index (χ0v) is 10.3. The molecule has 15 heavy (non-hydrogen) atoms. The van der Waals surface area contributed by atoms with Crippen molar-refractivity contribution in [2.75, 3.05) is 6.54 Å². The number of carbonyl (C=O) groups excluding carboxylic acids is 1. The Kier molecular flexibility index (Phi) is 3.01. The fourth-order valence-corrected chi connectivity index (χ4v) is 2.04. The average molecular weight is 214 g/mol. The van der Waals surface area contributed by atoms with Crippen LogP contribution in [0.5, 0.6) is 0 Å². The SMILES string of the molecule is CC(C)(C)OC(=O)N1[C@@H](CN)CC1(C)C. The minimum Gasteiger partial charge on any atom is -0.444 e. The summed E-state index contributed by atoms with van der Waals surface area (Å²) in [6, 6.07) is 0.134. The van der Waals surface area contributed by atoms with Crippen LogP contribution in [0.1, 0.15) is 41.0 Å². The lowest BCUT2D eigenvalue weighted by atomic mass is 9.82. The highest BCUT2D eigenvalue weighted by molar-refractivity contribution is 5.71. The molecule has 2 N–H and O–H groups in total. The second-order valence-corrected chi connectivity index (χ2v) is 5.76. The maximum Gasteiger partial charge on any atom is 0.411 e. The van der Waals surface area contributed by atoms with Crippen LogP contribution in [0.3, 0.4) is 0 Å². The van der Waals surface area contributed by atoms with E-state index in [1.807, 2.05) is 34.6 Å². The van der Waals surface area contributed by atoms with Crippen molar-refractivity contribution < 1.29 is 9.53 Å². The summed E-state index contributed by atoms with van der Waals surface area (Å²) in [7, 11) is 0. The molecular weight excluding hydrogens is 192 g/mol. The summed E-state index contributed by atoms with van der Waals surface area (Å²) in [5.41, 5.74) is 5.04. The Morgan fingerprint density at radius 2 is 2.07 bits per heavy atom. The second kappa shape index (κ2) is 3.67. The molecule has 1 fully saturated rings. The van der Waals surface area contributed by atoms with Gasteiger partial charge in [0, 0.05) is 12.1 Å². The third-order valence-electron chi connectivity index (χ3n) is 2.61. The van der Waals surface area contributed by atoms with Crippen LogP contribution < -0.4 is 5.73 Å². The number of carbonyl (C=O) groups is 1. The minimum absolute atomic E-state index is 0.119. The van der Waals surface area contributed by atoms with Gasteiger partial charge in [-0.05, 0) is 41.0 Å². The van der Waals surface area contributed by atoms with Gasteiger partial charge in [-0.25, -0.2) is 4.79 Å². The summed E-state index contributed by atoms with van der Waals surface area (Å²) >= 11 is 0. The summed E-state index contributed by atoms with van der Waals surface area (Å²) in [4.78, 5) is 13.6. The van der Waals surface area contributed by atoms with E-state index in [2.05, 4.69) is 0 Å². The van der Waals surface area contributed by atoms with E-state index in [4.69, 9.17) is 10.5 Å². The summed E-state index contributed by atoms with van der Waals surface area (Å²) in [6.07, 6.45) is 0.692. The third kappa shape index (κ3) is 2.62. The molecule has 1 saturated heterocycles. The summed E-state index contributed by atoms with van der Waals surface area (Å²) < 4.78 is 5.34. The van der Waals surface area contributed by atoms with Crippen LogP contribution >= 0.6 is 0 Å². The quantitative estimate of drug-likeness (QED) is 0.723. The Morgan fingerprint density at radius 1 is 1.53 bits per heavy atom. The first-order chi connectivity index (χ1) is 6.67. The molecule has 1 atom stereocenters. The third-order valence-corrected chi connectivity index (χ3v) is 2.61. The molecule has 88 valence electrons. The molecule has 0 radical (unpaired) electrons. The van der Waals surface area contributed by atoms with Gasteiger partial charge in [-0.1, -0.05) is 0 Å². The molecule has 4 heteroatoms. The van der Waals surface area contributed by atoms with Crippen molar-refractivity contribution in [2.45, 2.75) is 58.2 Å². The van der Waals surface area contributed by atoms with E-state index in [1.165, 1.54) is 0 Å². The molecule has 0 spiro atoms. The number of amides is 1. The van der Waals surface area contributed by atoms with Crippen LogP contribution in [0.4, 0.5) is 4.79 Å². The van der Waals surface area contributed by atoms with Gasteiger partial charge in [0.05, 0.1) is 6.04 Å². The Bertz CT molecular complexity index is 256. The molecule has 0 saturated carbocycles. The van der Waals surface area contributed by atoms with Gasteiger partial charge in [0.15, 0.2) is 0 Å². The first kappa shape index (κ1) is 12.3. The van der Waals surface area contributed by atoms with Crippen molar-refractivity contribution in [3.63, 3.8) is 0 Å². The van der Waals surface area contributed by atoms with Gasteiger partial charge in [-0.2, -0.15) is 0 Å². The lowest BCUT2D eigenvalue weighted by Gasteiger charge is -2.54. The summed E-state index contributed by atoms with van der Waals surface area (Å²) in [5, 5.41) is 0. The molecular formula is C11H22N2O2. The lowest BCUT2D eigenvalue weighted by molar-refractivity contribution is -0.0620. The van der Waals surface area contributed by atoms with Gasteiger partial charge in [0.25, 0.3) is 0 Å². The van der Waals surface area contributed by atoms with Crippen molar-refractivity contribution in [1.82, 2.24) is 4.90 Å². The van der Waals surface area contributed by atoms with Gasteiger partial charge >= 0.3 is 6.09 Å². The lowest BCUT2D eigenvalue weighted by Crippen LogP contribution is -2.67. The molecule has 0 aromatic rings. The van der Waals surface area contributed by atoms with Crippen LogP contribution in [0.15, 0.2) is 0 Å². The fourth-order valence-electron chi connectivity index (χ4n) is 2.04. The number of ether oxygens (including phenoxy) is 1. The van der Waals surface area contributed by atoms with Crippen molar-refractivity contribution >= 4 is 6.09 Å². The monoisotopic (exact) mass is 214 g/mol. The highest BCUT2D eigenvalue weighted by atomic mass is 16.6. The minimum atomic E-state index is -0.443. The van der Waals surface area contributed by atoms with Crippen molar-refractivity contribution in [3.8, 4) is 0 Å². The number of nitrogens with zero attached hydrogens (tertiary/aromatic N) is 1. The van der Waals surface area contributed by atoms with E-state index in [-0.39, 0.29) is 17.7 Å². The number of hydrogen-bond acceptors (Lipinski definition) is 3. The number of rotatable bonds is 1. The summed E-state index contributed by atoms with van der Waals surface area (Å²) in [6.45, 7) is 10.2. The highest BCUT2D eigenvalue weighted by Crippen LogP contribution is 2.36. The van der Waals surface area contributed by atoms with E-state index >= 15 is 0 Å². The number of hydrogen-bond donors (Lipinski definition) is 1. The molecule has 4 nitrogen and oxygen atoms in total.